The van der Waals surface area contributed by atoms with Crippen molar-refractivity contribution in [2.75, 3.05) is 38.2 Å². The second-order valence-electron chi connectivity index (χ2n) is 8.16. The molecule has 5 rings (SSSR count). The number of rotatable bonds is 4. The van der Waals surface area contributed by atoms with Gasteiger partial charge in [0.05, 0.1) is 19.0 Å². The molecular formula is C25H22F3N5O2. The normalized spacial score (nSPS) is 14.4. The van der Waals surface area contributed by atoms with Gasteiger partial charge >= 0.3 is 6.18 Å². The molecule has 4 aromatic rings. The molecule has 10 heteroatoms. The summed E-state index contributed by atoms with van der Waals surface area (Å²) in [5, 5.41) is 3.88. The molecule has 3 heterocycles. The average molecular weight is 481 g/mol. The maximum Gasteiger partial charge on any atom is 0.433 e. The van der Waals surface area contributed by atoms with Gasteiger partial charge in [0.15, 0.2) is 11.3 Å². The number of methoxy groups -OCH3 is 1. The van der Waals surface area contributed by atoms with Gasteiger partial charge in [0, 0.05) is 37.4 Å². The van der Waals surface area contributed by atoms with Crippen LogP contribution < -0.4 is 9.64 Å². The van der Waals surface area contributed by atoms with Crippen LogP contribution in [0, 0.1) is 0 Å². The molecule has 0 radical (unpaired) electrons. The molecular weight excluding hydrogens is 459 g/mol. The fourth-order valence-electron chi connectivity index (χ4n) is 4.22. The zero-order chi connectivity index (χ0) is 24.6. The Bertz CT molecular complexity index is 1360. The van der Waals surface area contributed by atoms with Gasteiger partial charge in [-0.3, -0.25) is 4.79 Å². The van der Waals surface area contributed by atoms with Gasteiger partial charge < -0.3 is 14.5 Å². The summed E-state index contributed by atoms with van der Waals surface area (Å²) in [4.78, 5) is 21.6. The Labute approximate surface area is 199 Å². The smallest absolute Gasteiger partial charge is 0.433 e. The minimum absolute atomic E-state index is 0.0356. The zero-order valence-electron chi connectivity index (χ0n) is 18.9. The lowest BCUT2D eigenvalue weighted by Crippen LogP contribution is -2.48. The molecule has 1 amide bonds. The number of benzene rings is 2. The first-order chi connectivity index (χ1) is 16.8. The molecule has 2 aromatic heterocycles. The summed E-state index contributed by atoms with van der Waals surface area (Å²) in [6.07, 6.45) is -3.53. The highest BCUT2D eigenvalue weighted by molar-refractivity contribution is 6.00. The first-order valence-corrected chi connectivity index (χ1v) is 11.0. The van der Waals surface area contributed by atoms with E-state index in [1.807, 2.05) is 30.3 Å². The van der Waals surface area contributed by atoms with Gasteiger partial charge in [-0.05, 0) is 30.3 Å². The molecule has 180 valence electrons. The van der Waals surface area contributed by atoms with Crippen LogP contribution in [0.5, 0.6) is 5.75 Å². The van der Waals surface area contributed by atoms with E-state index >= 15 is 0 Å². The minimum Gasteiger partial charge on any atom is -0.497 e. The number of carbonyl (C=O) groups excluding carboxylic acids is 1. The Balaban J connectivity index is 1.49. The number of nitrogens with zero attached hydrogens (tertiary/aromatic N) is 5. The summed E-state index contributed by atoms with van der Waals surface area (Å²) >= 11 is 0. The quantitative estimate of drug-likeness (QED) is 0.433. The van der Waals surface area contributed by atoms with Crippen molar-refractivity contribution < 1.29 is 22.7 Å². The lowest BCUT2D eigenvalue weighted by molar-refractivity contribution is -0.142. The summed E-state index contributed by atoms with van der Waals surface area (Å²) in [5.41, 5.74) is 0.477. The number of halogens is 3. The number of para-hydroxylation sites is 1. The van der Waals surface area contributed by atoms with E-state index in [1.165, 1.54) is 13.3 Å². The second kappa shape index (κ2) is 8.94. The van der Waals surface area contributed by atoms with Crippen molar-refractivity contribution >= 4 is 17.2 Å². The predicted octanol–water partition coefficient (Wildman–Crippen LogP) is 4.39. The van der Waals surface area contributed by atoms with Gasteiger partial charge in [0.25, 0.3) is 5.91 Å². The maximum atomic E-state index is 13.9. The molecule has 1 saturated heterocycles. The topological polar surface area (TPSA) is 63.0 Å². The van der Waals surface area contributed by atoms with Crippen LogP contribution in [0.25, 0.3) is 16.9 Å². The lowest BCUT2D eigenvalue weighted by atomic mass is 10.1. The SMILES string of the molecule is COc1cccc(-c2cc(C(F)(F)F)n3ncc(C(=O)N4CCN(c5ccccc5)CC4)c3n2)c1. The summed E-state index contributed by atoms with van der Waals surface area (Å²) in [6.45, 7) is 2.11. The number of alkyl halides is 3. The molecule has 0 saturated carbocycles. The van der Waals surface area contributed by atoms with Crippen LogP contribution in [0.15, 0.2) is 66.9 Å². The minimum atomic E-state index is -4.69. The molecule has 0 atom stereocenters. The lowest BCUT2D eigenvalue weighted by Gasteiger charge is -2.36. The number of ether oxygens (including phenoxy) is 1. The molecule has 7 nitrogen and oxygen atoms in total. The molecule has 1 aliphatic heterocycles. The number of hydrogen-bond acceptors (Lipinski definition) is 5. The largest absolute Gasteiger partial charge is 0.497 e. The van der Waals surface area contributed by atoms with Gasteiger partial charge in [-0.2, -0.15) is 18.3 Å². The van der Waals surface area contributed by atoms with Gasteiger partial charge in [0.1, 0.15) is 11.3 Å². The molecule has 0 spiro atoms. The van der Waals surface area contributed by atoms with Gasteiger partial charge in [-0.1, -0.05) is 30.3 Å². The molecule has 1 fully saturated rings. The number of fused-ring (bicyclic) bond motifs is 1. The molecule has 2 aromatic carbocycles. The highest BCUT2D eigenvalue weighted by Gasteiger charge is 2.36. The fraction of sp³-hybridized carbons (Fsp3) is 0.240. The maximum absolute atomic E-state index is 13.9. The van der Waals surface area contributed by atoms with Crippen LogP contribution in [0.1, 0.15) is 16.1 Å². The number of anilines is 1. The summed E-state index contributed by atoms with van der Waals surface area (Å²) in [6, 6.07) is 17.4. The van der Waals surface area contributed by atoms with E-state index in [4.69, 9.17) is 4.74 Å². The van der Waals surface area contributed by atoms with Crippen LogP contribution in [-0.2, 0) is 6.18 Å². The van der Waals surface area contributed by atoms with Gasteiger partial charge in [0.2, 0.25) is 0 Å². The Morgan fingerprint density at radius 3 is 2.40 bits per heavy atom. The Hall–Kier alpha value is -4.08. The van der Waals surface area contributed by atoms with Crippen LogP contribution in [-0.4, -0.2) is 58.7 Å². The standard InChI is InChI=1S/C25H22F3N5O2/c1-35-19-9-5-6-17(14-19)21-15-22(25(26,27)28)33-23(30-21)20(16-29-33)24(34)32-12-10-31(11-13-32)18-7-3-2-4-8-18/h2-9,14-16H,10-13H2,1H3. The number of piperazine rings is 1. The van der Waals surface area contributed by atoms with E-state index in [1.54, 1.807) is 29.2 Å². The first kappa shape index (κ1) is 22.7. The molecule has 0 N–H and O–H groups in total. The zero-order valence-corrected chi connectivity index (χ0v) is 18.9. The second-order valence-corrected chi connectivity index (χ2v) is 8.16. The summed E-state index contributed by atoms with van der Waals surface area (Å²) < 4.78 is 47.6. The third-order valence-corrected chi connectivity index (χ3v) is 6.05. The van der Waals surface area contributed by atoms with Crippen molar-refractivity contribution in [3.8, 4) is 17.0 Å². The predicted molar refractivity (Wildman–Crippen MR) is 125 cm³/mol. The van der Waals surface area contributed by atoms with E-state index in [-0.39, 0.29) is 16.9 Å². The van der Waals surface area contributed by atoms with Gasteiger partial charge in [-0.25, -0.2) is 9.50 Å². The van der Waals surface area contributed by atoms with Crippen molar-refractivity contribution in [2.45, 2.75) is 6.18 Å². The Morgan fingerprint density at radius 1 is 0.971 bits per heavy atom. The molecule has 0 unspecified atom stereocenters. The van der Waals surface area contributed by atoms with Crippen molar-refractivity contribution in [2.24, 2.45) is 0 Å². The molecule has 35 heavy (non-hydrogen) atoms. The number of aromatic nitrogens is 3. The van der Waals surface area contributed by atoms with Crippen molar-refractivity contribution in [1.82, 2.24) is 19.5 Å². The van der Waals surface area contributed by atoms with Crippen molar-refractivity contribution in [1.29, 1.82) is 0 Å². The average Bonchev–Trinajstić information content (AvgIpc) is 3.31. The van der Waals surface area contributed by atoms with Crippen molar-refractivity contribution in [3.63, 3.8) is 0 Å². The first-order valence-electron chi connectivity index (χ1n) is 11.0. The van der Waals surface area contributed by atoms with Crippen LogP contribution in [0.2, 0.25) is 0 Å². The summed E-state index contributed by atoms with van der Waals surface area (Å²) in [5.74, 6) is 0.0926. The Kier molecular flexibility index (Phi) is 5.80. The third kappa shape index (κ3) is 4.39. The van der Waals surface area contributed by atoms with Gasteiger partial charge in [-0.15, -0.1) is 0 Å². The van der Waals surface area contributed by atoms with Crippen LogP contribution >= 0.6 is 0 Å². The van der Waals surface area contributed by atoms with Crippen LogP contribution in [0.3, 0.4) is 0 Å². The van der Waals surface area contributed by atoms with Crippen molar-refractivity contribution in [3.05, 3.63) is 78.1 Å². The van der Waals surface area contributed by atoms with E-state index < -0.39 is 17.8 Å². The highest BCUT2D eigenvalue weighted by atomic mass is 19.4. The number of hydrogen-bond donors (Lipinski definition) is 0. The van der Waals surface area contributed by atoms with E-state index in [9.17, 15) is 18.0 Å². The fourth-order valence-corrected chi connectivity index (χ4v) is 4.22. The van der Waals surface area contributed by atoms with E-state index in [0.29, 0.717) is 42.0 Å². The third-order valence-electron chi connectivity index (χ3n) is 6.05. The molecule has 0 aliphatic carbocycles. The molecule has 1 aliphatic rings. The monoisotopic (exact) mass is 481 g/mol. The highest BCUT2D eigenvalue weighted by Crippen LogP contribution is 2.33. The van der Waals surface area contributed by atoms with E-state index in [2.05, 4.69) is 15.0 Å². The molecule has 0 bridgehead atoms. The summed E-state index contributed by atoms with van der Waals surface area (Å²) in [7, 11) is 1.47. The van der Waals surface area contributed by atoms with Crippen LogP contribution in [0.4, 0.5) is 18.9 Å². The van der Waals surface area contributed by atoms with E-state index in [0.717, 1.165) is 11.8 Å². The number of carbonyl (C=O) groups is 1. The number of amides is 1. The Morgan fingerprint density at radius 2 is 1.71 bits per heavy atom.